The second-order valence-corrected chi connectivity index (χ2v) is 8.09. The SMILES string of the molecule is CC(C)C(CC(F)(F)C(F)(F)C(F)(F)C(F)(F)C(F)(F)C(F)(F)F)C(=O)OC(C)(C)C. The van der Waals surface area contributed by atoms with E-state index < -0.39 is 65.6 Å². The minimum atomic E-state index is -7.97. The third kappa shape index (κ3) is 5.32. The van der Waals surface area contributed by atoms with E-state index in [2.05, 4.69) is 4.74 Å². The topological polar surface area (TPSA) is 26.3 Å². The number of rotatable bonds is 8. The van der Waals surface area contributed by atoms with Crippen LogP contribution in [-0.2, 0) is 9.53 Å². The van der Waals surface area contributed by atoms with Crippen LogP contribution in [0.25, 0.3) is 0 Å². The van der Waals surface area contributed by atoms with Crippen molar-refractivity contribution in [2.45, 2.75) is 82.4 Å². The Morgan fingerprint density at radius 1 is 0.677 bits per heavy atom. The number of alkyl halides is 13. The lowest BCUT2D eigenvalue weighted by Gasteiger charge is -2.40. The number of esters is 1. The molecule has 0 aliphatic carbocycles. The van der Waals surface area contributed by atoms with Gasteiger partial charge in [-0.25, -0.2) is 0 Å². The van der Waals surface area contributed by atoms with Crippen molar-refractivity contribution in [3.05, 3.63) is 0 Å². The van der Waals surface area contributed by atoms with Crippen LogP contribution >= 0.6 is 0 Å². The van der Waals surface area contributed by atoms with Crippen molar-refractivity contribution in [3.63, 3.8) is 0 Å². The molecule has 0 aliphatic heterocycles. The van der Waals surface area contributed by atoms with Crippen LogP contribution in [0.5, 0.6) is 0 Å². The summed E-state index contributed by atoms with van der Waals surface area (Å²) in [7, 11) is 0. The van der Waals surface area contributed by atoms with Crippen molar-refractivity contribution < 1.29 is 66.6 Å². The zero-order valence-electron chi connectivity index (χ0n) is 16.6. The predicted octanol–water partition coefficient (Wildman–Crippen LogP) is 6.73. The molecule has 0 amide bonds. The van der Waals surface area contributed by atoms with Crippen molar-refractivity contribution in [2.75, 3.05) is 0 Å². The fourth-order valence-electron chi connectivity index (χ4n) is 2.18. The van der Waals surface area contributed by atoms with Gasteiger partial charge in [0.15, 0.2) is 0 Å². The van der Waals surface area contributed by atoms with Crippen LogP contribution in [-0.4, -0.2) is 47.4 Å². The molecular weight excluding hydrogens is 471 g/mol. The highest BCUT2D eigenvalue weighted by atomic mass is 19.4. The lowest BCUT2D eigenvalue weighted by Crippen LogP contribution is -2.70. The van der Waals surface area contributed by atoms with E-state index in [1.54, 1.807) is 0 Å². The van der Waals surface area contributed by atoms with E-state index in [-0.39, 0.29) is 0 Å². The molecular formula is C16H19F13O2. The van der Waals surface area contributed by atoms with E-state index in [9.17, 15) is 61.9 Å². The quantitative estimate of drug-likeness (QED) is 0.279. The number of ether oxygens (including phenoxy) is 1. The molecule has 0 rings (SSSR count). The monoisotopic (exact) mass is 490 g/mol. The number of carbonyl (C=O) groups is 1. The van der Waals surface area contributed by atoms with Crippen LogP contribution < -0.4 is 0 Å². The molecule has 0 fully saturated rings. The molecule has 0 aliphatic rings. The van der Waals surface area contributed by atoms with Gasteiger partial charge in [0.25, 0.3) is 0 Å². The van der Waals surface area contributed by atoms with Crippen LogP contribution in [0.15, 0.2) is 0 Å². The maximum atomic E-state index is 14.0. The van der Waals surface area contributed by atoms with Crippen molar-refractivity contribution in [3.8, 4) is 0 Å². The summed E-state index contributed by atoms with van der Waals surface area (Å²) in [5.41, 5.74) is -1.38. The summed E-state index contributed by atoms with van der Waals surface area (Å²) in [6.45, 7) is 5.57. The van der Waals surface area contributed by atoms with E-state index in [1.807, 2.05) is 0 Å². The van der Waals surface area contributed by atoms with E-state index in [0.29, 0.717) is 0 Å². The highest BCUT2D eigenvalue weighted by Crippen LogP contribution is 2.61. The molecule has 0 aromatic carbocycles. The number of halogens is 13. The lowest BCUT2D eigenvalue weighted by molar-refractivity contribution is -0.440. The molecule has 0 aromatic rings. The van der Waals surface area contributed by atoms with Crippen LogP contribution in [0.1, 0.15) is 41.0 Å². The Bertz CT molecular complexity index is 645. The first-order valence-electron chi connectivity index (χ1n) is 8.36. The Labute approximate surface area is 168 Å². The summed E-state index contributed by atoms with van der Waals surface area (Å²) >= 11 is 0. The van der Waals surface area contributed by atoms with Crippen LogP contribution in [0.4, 0.5) is 57.1 Å². The Morgan fingerprint density at radius 2 is 1.03 bits per heavy atom. The zero-order valence-corrected chi connectivity index (χ0v) is 16.6. The Kier molecular flexibility index (Phi) is 7.78. The van der Waals surface area contributed by atoms with Gasteiger partial charge in [-0.2, -0.15) is 57.1 Å². The molecule has 31 heavy (non-hydrogen) atoms. The first kappa shape index (κ1) is 29.6. The third-order valence-electron chi connectivity index (χ3n) is 3.99. The zero-order chi connectivity index (χ0) is 25.6. The molecule has 1 atom stereocenters. The van der Waals surface area contributed by atoms with Gasteiger partial charge in [0, 0.05) is 6.42 Å². The molecule has 0 saturated heterocycles. The Hall–Kier alpha value is -1.44. The van der Waals surface area contributed by atoms with Gasteiger partial charge < -0.3 is 4.74 Å². The van der Waals surface area contributed by atoms with E-state index in [4.69, 9.17) is 0 Å². The number of hydrogen-bond acceptors (Lipinski definition) is 2. The summed E-state index contributed by atoms with van der Waals surface area (Å²) in [5.74, 6) is -42.7. The maximum Gasteiger partial charge on any atom is 0.460 e. The summed E-state index contributed by atoms with van der Waals surface area (Å²) in [5, 5.41) is 0. The number of hydrogen-bond donors (Lipinski definition) is 0. The van der Waals surface area contributed by atoms with Crippen molar-refractivity contribution in [2.24, 2.45) is 11.8 Å². The smallest absolute Gasteiger partial charge is 0.460 e. The molecule has 0 heterocycles. The summed E-state index contributed by atoms with van der Waals surface area (Å²) in [4.78, 5) is 11.9. The van der Waals surface area contributed by atoms with E-state index in [1.165, 1.54) is 20.8 Å². The third-order valence-corrected chi connectivity index (χ3v) is 3.99. The average molecular weight is 490 g/mol. The minimum absolute atomic E-state index is 0.966. The molecule has 15 heteroatoms. The van der Waals surface area contributed by atoms with Gasteiger partial charge >= 0.3 is 41.8 Å². The number of carbonyl (C=O) groups excluding carboxylic acids is 1. The largest absolute Gasteiger partial charge is 0.460 e. The molecule has 0 N–H and O–H groups in total. The predicted molar refractivity (Wildman–Crippen MR) is 79.6 cm³/mol. The molecule has 2 nitrogen and oxygen atoms in total. The fourth-order valence-corrected chi connectivity index (χ4v) is 2.18. The molecule has 0 saturated carbocycles. The Balaban J connectivity index is 6.29. The minimum Gasteiger partial charge on any atom is -0.460 e. The highest BCUT2D eigenvalue weighted by molar-refractivity contribution is 5.73. The van der Waals surface area contributed by atoms with Gasteiger partial charge in [-0.05, 0) is 26.7 Å². The first-order chi connectivity index (χ1) is 13.2. The highest BCUT2D eigenvalue weighted by Gasteiger charge is 2.90. The van der Waals surface area contributed by atoms with Crippen LogP contribution in [0, 0.1) is 11.8 Å². The summed E-state index contributed by atoms with van der Waals surface area (Å²) in [6.07, 6.45) is -10.1. The first-order valence-corrected chi connectivity index (χ1v) is 8.36. The normalized spacial score (nSPS) is 16.5. The maximum absolute atomic E-state index is 14.0. The van der Waals surface area contributed by atoms with Crippen LogP contribution in [0.3, 0.4) is 0 Å². The van der Waals surface area contributed by atoms with Gasteiger partial charge in [-0.3, -0.25) is 4.79 Å². The molecule has 0 spiro atoms. The lowest BCUT2D eigenvalue weighted by atomic mass is 9.84. The molecule has 186 valence electrons. The van der Waals surface area contributed by atoms with Gasteiger partial charge in [0.2, 0.25) is 0 Å². The Morgan fingerprint density at radius 3 is 1.32 bits per heavy atom. The van der Waals surface area contributed by atoms with E-state index in [0.717, 1.165) is 13.8 Å². The van der Waals surface area contributed by atoms with Gasteiger partial charge in [0.1, 0.15) is 5.60 Å². The van der Waals surface area contributed by atoms with Gasteiger partial charge in [-0.1, -0.05) is 13.8 Å². The standard InChI is InChI=1S/C16H19F13O2/c1-7(2)8(9(30)31-10(3,4)5)6-11(17,18)12(19,20)13(21,22)14(23,24)15(25,26)16(27,28)29/h7-8H,6H2,1-5H3. The second-order valence-electron chi connectivity index (χ2n) is 8.09. The summed E-state index contributed by atoms with van der Waals surface area (Å²) < 4.78 is 176. The fraction of sp³-hybridized carbons (Fsp3) is 0.938. The molecule has 0 aromatic heterocycles. The molecule has 1 unspecified atom stereocenters. The molecule has 0 radical (unpaired) electrons. The van der Waals surface area contributed by atoms with Gasteiger partial charge in [0.05, 0.1) is 5.92 Å². The molecule has 0 bridgehead atoms. The van der Waals surface area contributed by atoms with Gasteiger partial charge in [-0.15, -0.1) is 0 Å². The van der Waals surface area contributed by atoms with Crippen LogP contribution in [0.2, 0.25) is 0 Å². The second kappa shape index (κ2) is 8.16. The van der Waals surface area contributed by atoms with Crippen molar-refractivity contribution in [1.29, 1.82) is 0 Å². The van der Waals surface area contributed by atoms with E-state index >= 15 is 0 Å². The average Bonchev–Trinajstić information content (AvgIpc) is 2.48. The van der Waals surface area contributed by atoms with Crippen molar-refractivity contribution in [1.82, 2.24) is 0 Å². The summed E-state index contributed by atoms with van der Waals surface area (Å²) in [6, 6.07) is 0. The van der Waals surface area contributed by atoms with Crippen molar-refractivity contribution >= 4 is 5.97 Å².